The van der Waals surface area contributed by atoms with Gasteiger partial charge in [-0.1, -0.05) is 112 Å². The van der Waals surface area contributed by atoms with Crippen molar-refractivity contribution in [3.63, 3.8) is 0 Å². The number of ether oxygens (including phenoxy) is 3. The monoisotopic (exact) mass is 900 g/mol. The fourth-order valence-corrected chi connectivity index (χ4v) is 14.2. The Morgan fingerprint density at radius 1 is 0.672 bits per heavy atom. The van der Waals surface area contributed by atoms with Crippen LogP contribution in [-0.2, 0) is 62.0 Å². The molecule has 0 radical (unpaired) electrons. The maximum absolute atomic E-state index is 14.4. The summed E-state index contributed by atoms with van der Waals surface area (Å²) in [5, 5.41) is 22.0. The number of fused-ring (bicyclic) bond motifs is 5. The van der Waals surface area contributed by atoms with Crippen LogP contribution in [0.5, 0.6) is 0 Å². The molecular weight excluding hydrogens is 832 g/mol. The molecule has 0 bridgehead atoms. The van der Waals surface area contributed by atoms with E-state index in [4.69, 9.17) is 23.3 Å². The average Bonchev–Trinajstić information content (AvgIpc) is 3.66. The Bertz CT molecular complexity index is 1980. The van der Waals surface area contributed by atoms with Crippen molar-refractivity contribution in [3.05, 3.63) is 108 Å². The fraction of sp³-hybridized carbons (Fsp3) is 0.596. The minimum Gasteiger partial charge on any atom is -0.461 e. The molecule has 4 aliphatic carbocycles. The first-order valence-electron chi connectivity index (χ1n) is 23.6. The first kappa shape index (κ1) is 48.1. The van der Waals surface area contributed by atoms with Gasteiger partial charge in [0.05, 0.1) is 37.5 Å². The van der Waals surface area contributed by atoms with E-state index in [0.29, 0.717) is 30.1 Å². The highest BCUT2D eigenvalue weighted by Gasteiger charge is 2.62. The van der Waals surface area contributed by atoms with E-state index in [9.17, 15) is 29.2 Å². The Balaban J connectivity index is 0.900. The van der Waals surface area contributed by atoms with Crippen molar-refractivity contribution < 1.29 is 52.4 Å². The van der Waals surface area contributed by atoms with Gasteiger partial charge in [-0.3, -0.25) is 18.9 Å². The van der Waals surface area contributed by atoms with Crippen LogP contribution in [0.15, 0.2) is 91.0 Å². The first-order chi connectivity index (χ1) is 30.8. The summed E-state index contributed by atoms with van der Waals surface area (Å²) in [6, 6.07) is 27.7. The molecule has 0 saturated heterocycles. The lowest BCUT2D eigenvalue weighted by Crippen LogP contribution is -2.58. The molecule has 11 nitrogen and oxygen atoms in total. The molecule has 0 aliphatic heterocycles. The van der Waals surface area contributed by atoms with Gasteiger partial charge in [0.2, 0.25) is 6.79 Å². The Kier molecular flexibility index (Phi) is 16.2. The predicted molar refractivity (Wildman–Crippen MR) is 242 cm³/mol. The van der Waals surface area contributed by atoms with Crippen molar-refractivity contribution in [2.45, 2.75) is 130 Å². The average molecular weight is 901 g/mol. The number of hydrogen-bond acceptors (Lipinski definition) is 11. The highest BCUT2D eigenvalue weighted by atomic mass is 31.2. The third-order valence-corrected chi connectivity index (χ3v) is 17.8. The Labute approximate surface area is 379 Å². The molecule has 4 saturated carbocycles. The molecule has 0 heterocycles. The van der Waals surface area contributed by atoms with E-state index in [-0.39, 0.29) is 80.1 Å². The number of esters is 3. The van der Waals surface area contributed by atoms with Crippen molar-refractivity contribution in [2.24, 2.45) is 52.3 Å². The lowest BCUT2D eigenvalue weighted by molar-refractivity contribution is -0.174. The highest BCUT2D eigenvalue weighted by molar-refractivity contribution is 7.53. The fourth-order valence-electron chi connectivity index (χ4n) is 12.4. The van der Waals surface area contributed by atoms with Crippen molar-refractivity contribution in [1.82, 2.24) is 0 Å². The molecule has 348 valence electrons. The summed E-state index contributed by atoms with van der Waals surface area (Å²) in [6.07, 6.45) is 7.56. The van der Waals surface area contributed by atoms with E-state index >= 15 is 0 Å². The molecule has 12 heteroatoms. The number of aliphatic hydroxyl groups is 2. The van der Waals surface area contributed by atoms with E-state index in [0.717, 1.165) is 68.1 Å². The van der Waals surface area contributed by atoms with Crippen LogP contribution in [-0.4, -0.2) is 53.3 Å². The summed E-state index contributed by atoms with van der Waals surface area (Å²) in [7, 11) is -3.95. The normalized spacial score (nSPS) is 29.6. The summed E-state index contributed by atoms with van der Waals surface area (Å²) in [6.45, 7) is 6.51. The SMILES string of the molecule is C[C@H](CCC(=O)OCOC(=O)CCC(CP(=O)(OCc1ccccc1)OCc1ccccc1)C(=O)OCc1ccccc1)C1CCC2C3C(CC[C@@]21C)[C@@]1(C)CC[C@@H](O)CC1C[C@@H]3O. The van der Waals surface area contributed by atoms with Crippen LogP contribution < -0.4 is 0 Å². The molecule has 7 rings (SSSR count). The zero-order valence-corrected chi connectivity index (χ0v) is 38.8. The van der Waals surface area contributed by atoms with Crippen LogP contribution in [0.3, 0.4) is 0 Å². The summed E-state index contributed by atoms with van der Waals surface area (Å²) in [5.41, 5.74) is 2.61. The largest absolute Gasteiger partial charge is 0.461 e. The van der Waals surface area contributed by atoms with Crippen LogP contribution in [0.1, 0.15) is 115 Å². The molecule has 2 N–H and O–H groups in total. The van der Waals surface area contributed by atoms with Crippen LogP contribution >= 0.6 is 7.60 Å². The maximum Gasteiger partial charge on any atom is 0.332 e. The van der Waals surface area contributed by atoms with Gasteiger partial charge in [-0.25, -0.2) is 0 Å². The molecule has 3 aromatic carbocycles. The van der Waals surface area contributed by atoms with Crippen LogP contribution in [0, 0.1) is 52.3 Å². The topological polar surface area (TPSA) is 155 Å². The van der Waals surface area contributed by atoms with E-state index in [1.54, 1.807) is 0 Å². The van der Waals surface area contributed by atoms with E-state index < -0.39 is 38.2 Å². The number of rotatable bonds is 20. The molecule has 0 amide bonds. The van der Waals surface area contributed by atoms with Crippen LogP contribution in [0.25, 0.3) is 0 Å². The van der Waals surface area contributed by atoms with Gasteiger partial charge >= 0.3 is 25.5 Å². The second kappa shape index (κ2) is 21.6. The van der Waals surface area contributed by atoms with Gasteiger partial charge in [-0.05, 0) is 127 Å². The van der Waals surface area contributed by atoms with E-state index in [1.807, 2.05) is 91.0 Å². The Morgan fingerprint density at radius 3 is 1.80 bits per heavy atom. The second-order valence-electron chi connectivity index (χ2n) is 19.8. The first-order valence-corrected chi connectivity index (χ1v) is 25.3. The van der Waals surface area contributed by atoms with Crippen molar-refractivity contribution >= 4 is 25.5 Å². The zero-order chi connectivity index (χ0) is 45.3. The molecule has 4 aliphatic rings. The molecule has 4 fully saturated rings. The summed E-state index contributed by atoms with van der Waals surface area (Å²) in [4.78, 5) is 39.6. The molecule has 64 heavy (non-hydrogen) atoms. The third kappa shape index (κ3) is 11.7. The highest BCUT2D eigenvalue weighted by Crippen LogP contribution is 2.68. The Morgan fingerprint density at radius 2 is 1.20 bits per heavy atom. The smallest absolute Gasteiger partial charge is 0.332 e. The molecular formula is C52H69O11P. The predicted octanol–water partition coefficient (Wildman–Crippen LogP) is 10.2. The summed E-state index contributed by atoms with van der Waals surface area (Å²) in [5.74, 6) is -0.500. The Hall–Kier alpha value is -3.86. The van der Waals surface area contributed by atoms with Gasteiger partial charge in [0.1, 0.15) is 6.61 Å². The van der Waals surface area contributed by atoms with Gasteiger partial charge in [0.15, 0.2) is 0 Å². The lowest BCUT2D eigenvalue weighted by Gasteiger charge is -2.62. The number of benzene rings is 3. The van der Waals surface area contributed by atoms with Gasteiger partial charge < -0.3 is 33.5 Å². The molecule has 0 aromatic heterocycles. The van der Waals surface area contributed by atoms with E-state index in [2.05, 4.69) is 20.8 Å². The van der Waals surface area contributed by atoms with E-state index in [1.165, 1.54) is 0 Å². The standard InChI is InChI=1S/C52H69O11P/c1-36(43-21-22-44-49-45(26-28-52(43,44)3)51(2)27-25-42(53)29-41(51)30-46(49)54)19-23-47(55)60-35-61-48(56)24-20-40(50(57)59-31-37-13-7-4-8-14-37)34-64(58,62-32-38-15-9-5-10-16-38)63-33-39-17-11-6-12-18-39/h4-18,36,40-46,49,53-54H,19-35H2,1-3H3/t36-,40?,41?,42-,43?,44?,45?,46+,49?,51+,52-/m1/s1. The summed E-state index contributed by atoms with van der Waals surface area (Å²) >= 11 is 0. The van der Waals surface area contributed by atoms with Gasteiger partial charge in [-0.15, -0.1) is 0 Å². The molecule has 11 atom stereocenters. The third-order valence-electron chi connectivity index (χ3n) is 15.9. The molecule has 3 aromatic rings. The van der Waals surface area contributed by atoms with Crippen molar-refractivity contribution in [2.75, 3.05) is 13.0 Å². The molecule has 6 unspecified atom stereocenters. The number of carbonyl (C=O) groups excluding carboxylic acids is 3. The maximum atomic E-state index is 14.4. The van der Waals surface area contributed by atoms with Crippen molar-refractivity contribution in [3.8, 4) is 0 Å². The van der Waals surface area contributed by atoms with Gasteiger partial charge in [-0.2, -0.15) is 0 Å². The quantitative estimate of drug-likeness (QED) is 0.0632. The summed E-state index contributed by atoms with van der Waals surface area (Å²) < 4.78 is 42.7. The van der Waals surface area contributed by atoms with Crippen molar-refractivity contribution in [1.29, 1.82) is 0 Å². The number of carbonyl (C=O) groups is 3. The minimum atomic E-state index is -3.95. The van der Waals surface area contributed by atoms with Crippen LogP contribution in [0.4, 0.5) is 0 Å². The number of hydrogen-bond donors (Lipinski definition) is 2. The van der Waals surface area contributed by atoms with Gasteiger partial charge in [0, 0.05) is 12.8 Å². The second-order valence-corrected chi connectivity index (χ2v) is 21.9. The number of aliphatic hydroxyl groups excluding tert-OH is 2. The van der Waals surface area contributed by atoms with Crippen LogP contribution in [0.2, 0.25) is 0 Å². The lowest BCUT2D eigenvalue weighted by atomic mass is 9.43. The zero-order valence-electron chi connectivity index (χ0n) is 37.9. The molecule has 0 spiro atoms. The van der Waals surface area contributed by atoms with Gasteiger partial charge in [0.25, 0.3) is 0 Å². The minimum absolute atomic E-state index is 0.00771.